The van der Waals surface area contributed by atoms with Crippen molar-refractivity contribution in [2.45, 2.75) is 54.7 Å². The van der Waals surface area contributed by atoms with Crippen molar-refractivity contribution in [2.75, 3.05) is 0 Å². The van der Waals surface area contributed by atoms with Crippen LogP contribution in [0.25, 0.3) is 0 Å². The third-order valence-electron chi connectivity index (χ3n) is 3.02. The number of nitrogens with zero attached hydrogens (tertiary/aromatic N) is 2. The van der Waals surface area contributed by atoms with E-state index in [2.05, 4.69) is 20.8 Å². The van der Waals surface area contributed by atoms with Gasteiger partial charge in [0.1, 0.15) is 10.7 Å². The zero-order valence-corrected chi connectivity index (χ0v) is 22.5. The van der Waals surface area contributed by atoms with Crippen LogP contribution in [0.2, 0.25) is 0 Å². The first-order valence-corrected chi connectivity index (χ1v) is 12.9. The van der Waals surface area contributed by atoms with Gasteiger partial charge in [0.15, 0.2) is 8.68 Å². The zero-order chi connectivity index (χ0) is 22.6. The molecule has 0 aliphatic rings. The molecule has 2 N–H and O–H groups in total. The van der Waals surface area contributed by atoms with Crippen molar-refractivity contribution in [2.24, 2.45) is 11.8 Å². The van der Waals surface area contributed by atoms with E-state index in [-0.39, 0.29) is 23.7 Å². The number of carbonyl (C=O) groups excluding carboxylic acids is 2. The van der Waals surface area contributed by atoms with Crippen molar-refractivity contribution in [1.82, 2.24) is 20.8 Å². The lowest BCUT2D eigenvalue weighted by Crippen LogP contribution is -2.43. The van der Waals surface area contributed by atoms with E-state index in [0.717, 1.165) is 34.9 Å². The number of alkyl halides is 6. The highest BCUT2D eigenvalue weighted by molar-refractivity contribution is 8.04. The number of amides is 2. The molecule has 2 atom stereocenters. The molecular weight excluding hydrogens is 565 g/mol. The summed E-state index contributed by atoms with van der Waals surface area (Å²) in [6, 6.07) is 0. The van der Waals surface area contributed by atoms with Gasteiger partial charge in [0.05, 0.1) is 0 Å². The largest absolute Gasteiger partial charge is 0.340 e. The summed E-state index contributed by atoms with van der Waals surface area (Å²) in [7, 11) is 0. The Bertz CT molecular complexity index is 652. The van der Waals surface area contributed by atoms with E-state index in [0.29, 0.717) is 8.68 Å². The first-order chi connectivity index (χ1) is 13.1. The number of hydrogen-bond donors (Lipinski definition) is 2. The summed E-state index contributed by atoms with van der Waals surface area (Å²) in [5.41, 5.74) is 0. The van der Waals surface area contributed by atoms with Crippen LogP contribution in [-0.2, 0) is 9.59 Å². The number of aromatic nitrogens is 2. The number of rotatable bonds is 8. The van der Waals surface area contributed by atoms with Crippen LogP contribution in [0.15, 0.2) is 8.68 Å². The molecule has 1 rings (SSSR count). The van der Waals surface area contributed by atoms with Crippen molar-refractivity contribution in [1.29, 1.82) is 0 Å². The van der Waals surface area contributed by atoms with Crippen molar-refractivity contribution in [3.8, 4) is 0 Å². The number of hydrogen-bond acceptors (Lipinski definition) is 7. The lowest BCUT2D eigenvalue weighted by molar-refractivity contribution is -0.124. The lowest BCUT2D eigenvalue weighted by atomic mass is 10.2. The van der Waals surface area contributed by atoms with Crippen molar-refractivity contribution >= 4 is 116 Å². The maximum absolute atomic E-state index is 12.0. The standard InChI is InChI=1S/C14H18Cl6N4O2S3/c1-5(2)7(25)21-9(13(15,16)17)27-11-23-24-12(29-11)28-10(14(18,19)20)22-8(26)6(3)4/h5-6,9-10H,1-4H3,(H,21,25)(H,22,26). The minimum Gasteiger partial charge on any atom is -0.340 e. The Morgan fingerprint density at radius 2 is 1.10 bits per heavy atom. The molecule has 1 aromatic heterocycles. The van der Waals surface area contributed by atoms with E-state index in [1.165, 1.54) is 0 Å². The molecule has 1 aromatic rings. The smallest absolute Gasteiger partial charge is 0.223 e. The van der Waals surface area contributed by atoms with E-state index in [1.807, 2.05) is 0 Å². The average Bonchev–Trinajstić information content (AvgIpc) is 2.98. The summed E-state index contributed by atoms with van der Waals surface area (Å²) < 4.78 is -2.71. The van der Waals surface area contributed by atoms with Gasteiger partial charge in [-0.25, -0.2) is 0 Å². The minimum atomic E-state index is -1.78. The van der Waals surface area contributed by atoms with Crippen molar-refractivity contribution < 1.29 is 9.59 Å². The van der Waals surface area contributed by atoms with Gasteiger partial charge < -0.3 is 10.6 Å². The van der Waals surface area contributed by atoms with Gasteiger partial charge in [-0.3, -0.25) is 9.59 Å². The summed E-state index contributed by atoms with van der Waals surface area (Å²) in [5, 5.41) is 11.6. The Labute approximate surface area is 211 Å². The van der Waals surface area contributed by atoms with E-state index in [1.54, 1.807) is 27.7 Å². The van der Waals surface area contributed by atoms with Gasteiger partial charge in [-0.1, -0.05) is 132 Å². The Hall–Kier alpha value is 0.940. The molecule has 29 heavy (non-hydrogen) atoms. The summed E-state index contributed by atoms with van der Waals surface area (Å²) in [6.45, 7) is 6.88. The van der Waals surface area contributed by atoms with Gasteiger partial charge in [0.2, 0.25) is 19.4 Å². The van der Waals surface area contributed by atoms with Crippen LogP contribution >= 0.6 is 104 Å². The van der Waals surface area contributed by atoms with Crippen LogP contribution in [0.1, 0.15) is 27.7 Å². The maximum Gasteiger partial charge on any atom is 0.223 e. The molecule has 1 heterocycles. The Balaban J connectivity index is 2.92. The third-order valence-corrected chi connectivity index (χ3v) is 8.67. The predicted molar refractivity (Wildman–Crippen MR) is 126 cm³/mol. The average molecular weight is 583 g/mol. The minimum absolute atomic E-state index is 0.277. The maximum atomic E-state index is 12.0. The van der Waals surface area contributed by atoms with Crippen LogP contribution in [0.5, 0.6) is 0 Å². The second-order valence-corrected chi connectivity index (χ2v) is 14.7. The predicted octanol–water partition coefficient (Wildman–Crippen LogP) is 5.66. The van der Waals surface area contributed by atoms with E-state index >= 15 is 0 Å². The SMILES string of the molecule is CC(C)C(=O)NC(Sc1nnc(SC(NC(=O)C(C)C)C(Cl)(Cl)Cl)s1)C(Cl)(Cl)Cl. The molecule has 166 valence electrons. The Kier molecular flexibility index (Phi) is 11.3. The first-order valence-electron chi connectivity index (χ1n) is 8.02. The van der Waals surface area contributed by atoms with Crippen molar-refractivity contribution in [3.63, 3.8) is 0 Å². The second-order valence-electron chi connectivity index (χ2n) is 6.24. The molecule has 0 fully saturated rings. The zero-order valence-electron chi connectivity index (χ0n) is 15.5. The molecule has 0 aliphatic carbocycles. The third kappa shape index (κ3) is 9.95. The molecule has 0 aliphatic heterocycles. The normalized spacial score (nSPS) is 14.8. The molecule has 6 nitrogen and oxygen atoms in total. The van der Waals surface area contributed by atoms with Gasteiger partial charge in [-0.15, -0.1) is 10.2 Å². The van der Waals surface area contributed by atoms with Crippen LogP contribution in [0, 0.1) is 11.8 Å². The quantitative estimate of drug-likeness (QED) is 0.234. The molecule has 15 heteroatoms. The molecule has 0 radical (unpaired) electrons. The van der Waals surface area contributed by atoms with E-state index in [4.69, 9.17) is 69.6 Å². The molecule has 0 spiro atoms. The van der Waals surface area contributed by atoms with Gasteiger partial charge in [-0.05, 0) is 0 Å². The fourth-order valence-electron chi connectivity index (χ4n) is 1.44. The molecule has 0 bridgehead atoms. The lowest BCUT2D eigenvalue weighted by Gasteiger charge is -2.25. The van der Waals surface area contributed by atoms with Crippen LogP contribution < -0.4 is 10.6 Å². The summed E-state index contributed by atoms with van der Waals surface area (Å²) in [6.07, 6.45) is 0. The van der Waals surface area contributed by atoms with Crippen molar-refractivity contribution in [3.05, 3.63) is 0 Å². The summed E-state index contributed by atoms with van der Waals surface area (Å²) >= 11 is 39.1. The molecule has 0 saturated carbocycles. The van der Waals surface area contributed by atoms with Gasteiger partial charge in [0, 0.05) is 11.8 Å². The van der Waals surface area contributed by atoms with Gasteiger partial charge in [0.25, 0.3) is 0 Å². The second kappa shape index (κ2) is 11.7. The Morgan fingerprint density at radius 3 is 1.34 bits per heavy atom. The number of nitrogens with one attached hydrogen (secondary N) is 2. The van der Waals surface area contributed by atoms with Crippen LogP contribution in [0.3, 0.4) is 0 Å². The van der Waals surface area contributed by atoms with Crippen LogP contribution in [-0.4, -0.2) is 40.3 Å². The fraction of sp³-hybridized carbons (Fsp3) is 0.714. The highest BCUT2D eigenvalue weighted by Gasteiger charge is 2.38. The van der Waals surface area contributed by atoms with E-state index < -0.39 is 18.3 Å². The molecule has 2 unspecified atom stereocenters. The summed E-state index contributed by atoms with van der Waals surface area (Å²) in [5.74, 6) is -1.14. The van der Waals surface area contributed by atoms with Crippen LogP contribution in [0.4, 0.5) is 0 Å². The number of halogens is 6. The highest BCUT2D eigenvalue weighted by atomic mass is 35.6. The fourth-order valence-corrected chi connectivity index (χ4v) is 5.67. The van der Waals surface area contributed by atoms with E-state index in [9.17, 15) is 9.59 Å². The molecular formula is C14H18Cl6N4O2S3. The number of carbonyl (C=O) groups is 2. The molecule has 0 saturated heterocycles. The summed E-state index contributed by atoms with van der Waals surface area (Å²) in [4.78, 5) is 24.0. The number of thioether (sulfide) groups is 2. The first kappa shape index (κ1) is 28.0. The van der Waals surface area contributed by atoms with Gasteiger partial charge in [-0.2, -0.15) is 0 Å². The topological polar surface area (TPSA) is 84.0 Å². The van der Waals surface area contributed by atoms with Gasteiger partial charge >= 0.3 is 0 Å². The molecule has 0 aromatic carbocycles. The highest BCUT2D eigenvalue weighted by Crippen LogP contribution is 2.44. The Morgan fingerprint density at radius 1 is 0.793 bits per heavy atom. The molecule has 2 amide bonds. The monoisotopic (exact) mass is 580 g/mol.